The van der Waals surface area contributed by atoms with Crippen molar-refractivity contribution in [2.45, 2.75) is 32.4 Å². The summed E-state index contributed by atoms with van der Waals surface area (Å²) in [5.74, 6) is 1.09. The molecule has 4 nitrogen and oxygen atoms in total. The van der Waals surface area contributed by atoms with Crippen LogP contribution in [0.2, 0.25) is 0 Å². The van der Waals surface area contributed by atoms with Crippen LogP contribution in [0.5, 0.6) is 0 Å². The molecular weight excluding hydrogens is 224 g/mol. The maximum Gasteiger partial charge on any atom is 0.128 e. The van der Waals surface area contributed by atoms with Crippen molar-refractivity contribution in [2.75, 3.05) is 31.6 Å². The predicted molar refractivity (Wildman–Crippen MR) is 75.9 cm³/mol. The number of pyridine rings is 1. The second-order valence-electron chi connectivity index (χ2n) is 5.51. The molecule has 0 amide bonds. The van der Waals surface area contributed by atoms with E-state index in [4.69, 9.17) is 5.73 Å². The molecule has 100 valence electrons. The monoisotopic (exact) mass is 248 g/mol. The van der Waals surface area contributed by atoms with Gasteiger partial charge < -0.3 is 15.5 Å². The van der Waals surface area contributed by atoms with Crippen molar-refractivity contribution >= 4 is 5.82 Å². The quantitative estimate of drug-likeness (QED) is 0.870. The fourth-order valence-electron chi connectivity index (χ4n) is 2.56. The third-order valence-corrected chi connectivity index (χ3v) is 3.49. The number of anilines is 1. The summed E-state index contributed by atoms with van der Waals surface area (Å²) in [7, 11) is 2.17. The van der Waals surface area contributed by atoms with Crippen LogP contribution in [-0.2, 0) is 6.42 Å². The zero-order valence-corrected chi connectivity index (χ0v) is 11.6. The van der Waals surface area contributed by atoms with E-state index in [-0.39, 0.29) is 6.04 Å². The molecule has 0 saturated carbocycles. The van der Waals surface area contributed by atoms with E-state index in [1.54, 1.807) is 0 Å². The first-order valence-corrected chi connectivity index (χ1v) is 6.72. The molecule has 1 aliphatic heterocycles. The van der Waals surface area contributed by atoms with Gasteiger partial charge in [0.05, 0.1) is 0 Å². The van der Waals surface area contributed by atoms with Gasteiger partial charge in [-0.05, 0) is 38.9 Å². The lowest BCUT2D eigenvalue weighted by Crippen LogP contribution is -2.50. The molecule has 1 fully saturated rings. The molecule has 18 heavy (non-hydrogen) atoms. The molecule has 0 aliphatic carbocycles. The summed E-state index contributed by atoms with van der Waals surface area (Å²) in [6.45, 7) is 7.54. The van der Waals surface area contributed by atoms with Gasteiger partial charge in [0.15, 0.2) is 0 Å². The van der Waals surface area contributed by atoms with Gasteiger partial charge in [0.2, 0.25) is 0 Å². The summed E-state index contributed by atoms with van der Waals surface area (Å²) >= 11 is 0. The van der Waals surface area contributed by atoms with Crippen molar-refractivity contribution in [2.24, 2.45) is 5.73 Å². The molecule has 1 saturated heterocycles. The average Bonchev–Trinajstić information content (AvgIpc) is 2.30. The number of nitrogens with two attached hydrogens (primary N) is 1. The zero-order valence-electron chi connectivity index (χ0n) is 11.6. The van der Waals surface area contributed by atoms with E-state index in [2.05, 4.69) is 40.9 Å². The number of rotatable bonds is 3. The minimum absolute atomic E-state index is 0.195. The molecule has 1 aliphatic rings. The van der Waals surface area contributed by atoms with Gasteiger partial charge in [0, 0.05) is 37.9 Å². The number of hydrogen-bond acceptors (Lipinski definition) is 4. The van der Waals surface area contributed by atoms with E-state index >= 15 is 0 Å². The van der Waals surface area contributed by atoms with Crippen LogP contribution in [0.1, 0.15) is 19.4 Å². The Bertz CT molecular complexity index is 374. The largest absolute Gasteiger partial charge is 0.351 e. The molecule has 2 unspecified atom stereocenters. The lowest BCUT2D eigenvalue weighted by molar-refractivity contribution is 0.274. The first-order chi connectivity index (χ1) is 8.56. The molecule has 2 heterocycles. The van der Waals surface area contributed by atoms with Crippen molar-refractivity contribution in [3.63, 3.8) is 0 Å². The minimum Gasteiger partial charge on any atom is -0.351 e. The maximum atomic E-state index is 5.80. The Morgan fingerprint density at radius 1 is 1.44 bits per heavy atom. The summed E-state index contributed by atoms with van der Waals surface area (Å²) in [5, 5.41) is 0. The van der Waals surface area contributed by atoms with Crippen LogP contribution in [0.3, 0.4) is 0 Å². The zero-order chi connectivity index (χ0) is 13.1. The van der Waals surface area contributed by atoms with Gasteiger partial charge >= 0.3 is 0 Å². The van der Waals surface area contributed by atoms with Crippen LogP contribution < -0.4 is 10.6 Å². The molecule has 1 aromatic heterocycles. The Kier molecular flexibility index (Phi) is 4.19. The average molecular weight is 248 g/mol. The Morgan fingerprint density at radius 3 is 2.78 bits per heavy atom. The van der Waals surface area contributed by atoms with E-state index in [9.17, 15) is 0 Å². The van der Waals surface area contributed by atoms with Crippen molar-refractivity contribution in [3.05, 3.63) is 23.9 Å². The summed E-state index contributed by atoms with van der Waals surface area (Å²) < 4.78 is 0. The molecule has 2 atom stereocenters. The summed E-state index contributed by atoms with van der Waals surface area (Å²) in [6, 6.07) is 4.99. The van der Waals surface area contributed by atoms with Gasteiger partial charge in [0.25, 0.3) is 0 Å². The van der Waals surface area contributed by atoms with Crippen LogP contribution in [0.15, 0.2) is 18.3 Å². The molecule has 1 aromatic rings. The van der Waals surface area contributed by atoms with E-state index in [1.807, 2.05) is 13.1 Å². The Balaban J connectivity index is 2.05. The molecule has 0 radical (unpaired) electrons. The minimum atomic E-state index is 0.195. The number of nitrogens with zero attached hydrogens (tertiary/aromatic N) is 3. The highest BCUT2D eigenvalue weighted by atomic mass is 15.3. The first kappa shape index (κ1) is 13.3. The second-order valence-corrected chi connectivity index (χ2v) is 5.51. The number of piperazine rings is 1. The number of hydrogen-bond donors (Lipinski definition) is 1. The first-order valence-electron chi connectivity index (χ1n) is 6.72. The third kappa shape index (κ3) is 3.21. The maximum absolute atomic E-state index is 5.80. The lowest BCUT2D eigenvalue weighted by atomic mass is 10.1. The van der Waals surface area contributed by atoms with E-state index < -0.39 is 0 Å². The fraction of sp³-hybridized carbons (Fsp3) is 0.643. The molecule has 2 N–H and O–H groups in total. The molecule has 0 spiro atoms. The third-order valence-electron chi connectivity index (χ3n) is 3.49. The number of likely N-dealkylation sites (N-methyl/N-ethyl adjacent to an activating group) is 1. The van der Waals surface area contributed by atoms with Crippen molar-refractivity contribution in [1.29, 1.82) is 0 Å². The van der Waals surface area contributed by atoms with Gasteiger partial charge in [-0.2, -0.15) is 0 Å². The summed E-state index contributed by atoms with van der Waals surface area (Å²) in [4.78, 5) is 9.33. The molecule has 0 bridgehead atoms. The highest BCUT2D eigenvalue weighted by Gasteiger charge is 2.22. The van der Waals surface area contributed by atoms with Gasteiger partial charge in [-0.1, -0.05) is 6.07 Å². The Hall–Kier alpha value is -1.13. The van der Waals surface area contributed by atoms with Crippen LogP contribution in [-0.4, -0.2) is 48.6 Å². The van der Waals surface area contributed by atoms with Crippen LogP contribution in [0.4, 0.5) is 5.82 Å². The van der Waals surface area contributed by atoms with Crippen molar-refractivity contribution in [1.82, 2.24) is 9.88 Å². The molecule has 2 rings (SSSR count). The normalized spacial score (nSPS) is 23.1. The number of aromatic nitrogens is 1. The fourth-order valence-corrected chi connectivity index (χ4v) is 2.56. The highest BCUT2D eigenvalue weighted by molar-refractivity contribution is 5.41. The summed E-state index contributed by atoms with van der Waals surface area (Å²) in [6.07, 6.45) is 2.86. The van der Waals surface area contributed by atoms with E-state index in [0.717, 1.165) is 31.9 Å². The topological polar surface area (TPSA) is 45.4 Å². The molecular formula is C14H24N4. The van der Waals surface area contributed by atoms with Crippen molar-refractivity contribution in [3.8, 4) is 0 Å². The SMILES string of the molecule is CC(N)Cc1ccc(N2CCN(C)CC2C)nc1. The van der Waals surface area contributed by atoms with Gasteiger partial charge in [-0.3, -0.25) is 0 Å². The smallest absolute Gasteiger partial charge is 0.128 e. The Morgan fingerprint density at radius 2 is 2.22 bits per heavy atom. The highest BCUT2D eigenvalue weighted by Crippen LogP contribution is 2.18. The van der Waals surface area contributed by atoms with Crippen LogP contribution in [0.25, 0.3) is 0 Å². The molecule has 0 aromatic carbocycles. The van der Waals surface area contributed by atoms with Crippen LogP contribution in [0, 0.1) is 0 Å². The van der Waals surface area contributed by atoms with Crippen LogP contribution >= 0.6 is 0 Å². The Labute approximate surface area is 110 Å². The van der Waals surface area contributed by atoms with E-state index in [1.165, 1.54) is 5.56 Å². The lowest BCUT2D eigenvalue weighted by Gasteiger charge is -2.39. The van der Waals surface area contributed by atoms with E-state index in [0.29, 0.717) is 6.04 Å². The second kappa shape index (κ2) is 5.67. The predicted octanol–water partition coefficient (Wildman–Crippen LogP) is 1.11. The summed E-state index contributed by atoms with van der Waals surface area (Å²) in [5.41, 5.74) is 7.02. The standard InChI is InChI=1S/C14H24N4/c1-11(15)8-13-4-5-14(16-9-13)18-7-6-17(3)10-12(18)2/h4-5,9,11-12H,6-8,10,15H2,1-3H3. The van der Waals surface area contributed by atoms with Crippen molar-refractivity contribution < 1.29 is 0 Å². The van der Waals surface area contributed by atoms with Gasteiger partial charge in [-0.15, -0.1) is 0 Å². The molecule has 4 heteroatoms. The van der Waals surface area contributed by atoms with Gasteiger partial charge in [0.1, 0.15) is 5.82 Å². The van der Waals surface area contributed by atoms with Gasteiger partial charge in [-0.25, -0.2) is 4.98 Å².